The predicted molar refractivity (Wildman–Crippen MR) is 99.1 cm³/mol. The van der Waals surface area contributed by atoms with Crippen molar-refractivity contribution in [3.05, 3.63) is 11.9 Å². The van der Waals surface area contributed by atoms with Crippen LogP contribution >= 0.6 is 0 Å². The van der Waals surface area contributed by atoms with Gasteiger partial charge in [-0.1, -0.05) is 0 Å². The molecule has 0 aromatic heterocycles. The Morgan fingerprint density at radius 1 is 1.32 bits per heavy atom. The van der Waals surface area contributed by atoms with E-state index in [0.29, 0.717) is 24.3 Å². The average molecular weight is 355 g/mol. The second kappa shape index (κ2) is 8.85. The smallest absolute Gasteiger partial charge is 0.245 e. The first-order valence-electron chi connectivity index (χ1n) is 9.16. The second-order valence-electron chi connectivity index (χ2n) is 7.17. The molecule has 5 nitrogen and oxygen atoms in total. The van der Waals surface area contributed by atoms with E-state index in [2.05, 4.69) is 32.5 Å². The van der Waals surface area contributed by atoms with Gasteiger partial charge in [-0.2, -0.15) is 0 Å². The number of nitrogens with one attached hydrogen (secondary N) is 2. The summed E-state index contributed by atoms with van der Waals surface area (Å²) in [6.45, 7) is 6.32. The summed E-state index contributed by atoms with van der Waals surface area (Å²) in [7, 11) is 1.75. The molecule has 2 unspecified atom stereocenters. The predicted octanol–water partition coefficient (Wildman–Crippen LogP) is 3.49. The Hall–Kier alpha value is -1.34. The fraction of sp³-hybridized carbons (Fsp3) is 0.778. The van der Waals surface area contributed by atoms with Gasteiger partial charge in [0.1, 0.15) is 11.7 Å². The van der Waals surface area contributed by atoms with E-state index in [1.807, 2.05) is 13.0 Å². The van der Waals surface area contributed by atoms with Crippen LogP contribution in [0.1, 0.15) is 58.8 Å². The minimum atomic E-state index is -2.67. The van der Waals surface area contributed by atoms with E-state index in [-0.39, 0.29) is 12.5 Å². The number of hydrazine groups is 1. The number of halogens is 2. The van der Waals surface area contributed by atoms with Gasteiger partial charge in [-0.15, -0.1) is 0 Å². The van der Waals surface area contributed by atoms with Crippen LogP contribution < -0.4 is 10.9 Å². The highest BCUT2D eigenvalue weighted by molar-refractivity contribution is 5.84. The zero-order valence-corrected chi connectivity index (χ0v) is 15.6. The summed E-state index contributed by atoms with van der Waals surface area (Å²) in [4.78, 5) is 10.9. The highest BCUT2D eigenvalue weighted by atomic mass is 19.3. The third kappa shape index (κ3) is 5.85. The molecule has 2 saturated heterocycles. The molecular weight excluding hydrogens is 324 g/mol. The van der Waals surface area contributed by atoms with Crippen molar-refractivity contribution in [2.75, 3.05) is 7.05 Å². The number of alkyl halides is 2. The van der Waals surface area contributed by atoms with Crippen LogP contribution in [0.15, 0.2) is 21.9 Å². The van der Waals surface area contributed by atoms with Crippen molar-refractivity contribution < 1.29 is 8.78 Å². The van der Waals surface area contributed by atoms with E-state index in [1.54, 1.807) is 7.05 Å². The van der Waals surface area contributed by atoms with Gasteiger partial charge >= 0.3 is 0 Å². The van der Waals surface area contributed by atoms with Gasteiger partial charge in [0.15, 0.2) is 0 Å². The van der Waals surface area contributed by atoms with Crippen LogP contribution in [0.25, 0.3) is 0 Å². The molecule has 2 rings (SSSR count). The minimum absolute atomic E-state index is 0.175. The van der Waals surface area contributed by atoms with Gasteiger partial charge in [0, 0.05) is 24.5 Å². The van der Waals surface area contributed by atoms with Crippen molar-refractivity contribution in [1.29, 1.82) is 0 Å². The summed E-state index contributed by atoms with van der Waals surface area (Å²) in [5.41, 5.74) is 5.94. The zero-order valence-electron chi connectivity index (χ0n) is 15.6. The lowest BCUT2D eigenvalue weighted by molar-refractivity contribution is 0.00911. The molecule has 0 spiro atoms. The molecule has 0 aromatic rings. The first kappa shape index (κ1) is 20.0. The second-order valence-corrected chi connectivity index (χ2v) is 7.17. The normalized spacial score (nSPS) is 26.0. The number of hydrogen-bond donors (Lipinski definition) is 2. The number of rotatable bonds is 8. The molecular formula is C18H31F2N5. The standard InChI is InChI=1S/C18H31F2N5/c1-13(21-3)23-17(25-15-6-5-7-16(25)9-8-15)12-14(24-22-4)10-11-18(2,19)20/h12,14-16,22,24H,3,5-11H2,1-2,4H3/b17-12-,23-13?/t14?,15-,16?/m1/s1. The third-order valence-electron chi connectivity index (χ3n) is 5.04. The molecule has 0 amide bonds. The van der Waals surface area contributed by atoms with E-state index < -0.39 is 5.92 Å². The largest absolute Gasteiger partial charge is 0.351 e. The third-order valence-corrected chi connectivity index (χ3v) is 5.04. The molecule has 142 valence electrons. The van der Waals surface area contributed by atoms with E-state index in [4.69, 9.17) is 0 Å². The molecule has 2 aliphatic heterocycles. The fourth-order valence-corrected chi connectivity index (χ4v) is 3.84. The fourth-order valence-electron chi connectivity index (χ4n) is 3.84. The summed E-state index contributed by atoms with van der Waals surface area (Å²) in [5.74, 6) is -1.24. The van der Waals surface area contributed by atoms with Gasteiger partial charge in [-0.3, -0.25) is 10.9 Å². The maximum absolute atomic E-state index is 13.3. The van der Waals surface area contributed by atoms with Gasteiger partial charge in [0.2, 0.25) is 5.92 Å². The van der Waals surface area contributed by atoms with Crippen molar-refractivity contribution in [2.45, 2.75) is 82.8 Å². The molecule has 2 bridgehead atoms. The van der Waals surface area contributed by atoms with E-state index >= 15 is 0 Å². The molecule has 25 heavy (non-hydrogen) atoms. The Labute approximate surface area is 149 Å². The first-order chi connectivity index (χ1) is 11.8. The van der Waals surface area contributed by atoms with Crippen molar-refractivity contribution >= 4 is 12.6 Å². The highest BCUT2D eigenvalue weighted by Gasteiger charge is 2.38. The molecule has 0 aliphatic carbocycles. The molecule has 2 aliphatic rings. The maximum Gasteiger partial charge on any atom is 0.245 e. The van der Waals surface area contributed by atoms with Crippen LogP contribution in [0.4, 0.5) is 8.78 Å². The van der Waals surface area contributed by atoms with E-state index in [9.17, 15) is 8.78 Å². The molecule has 7 heteroatoms. The highest BCUT2D eigenvalue weighted by Crippen LogP contribution is 2.38. The van der Waals surface area contributed by atoms with Crippen LogP contribution in [0.2, 0.25) is 0 Å². The lowest BCUT2D eigenvalue weighted by Gasteiger charge is -2.37. The summed E-state index contributed by atoms with van der Waals surface area (Å²) in [6.07, 6.45) is 8.06. The molecule has 3 atom stereocenters. The number of hydrogen-bond acceptors (Lipinski definition) is 4. The SMILES string of the molecule is C=NC(C)=N/C(=C/C(CCC(C)(F)F)NNC)N1C2CCC[C@@H]1CC2. The molecule has 2 heterocycles. The number of aliphatic imine (C=N–C) groups is 2. The summed E-state index contributed by atoms with van der Waals surface area (Å²) < 4.78 is 26.6. The Morgan fingerprint density at radius 3 is 2.48 bits per heavy atom. The Kier molecular flexibility index (Phi) is 7.07. The van der Waals surface area contributed by atoms with Gasteiger partial charge < -0.3 is 4.90 Å². The van der Waals surface area contributed by atoms with Gasteiger partial charge in [-0.05, 0) is 72.2 Å². The summed E-state index contributed by atoms with van der Waals surface area (Å²) >= 11 is 0. The maximum atomic E-state index is 13.3. The first-order valence-corrected chi connectivity index (χ1v) is 9.16. The zero-order chi connectivity index (χ0) is 18.4. The summed E-state index contributed by atoms with van der Waals surface area (Å²) in [5, 5.41) is 0. The van der Waals surface area contributed by atoms with Crippen molar-refractivity contribution in [1.82, 2.24) is 15.8 Å². The van der Waals surface area contributed by atoms with Crippen LogP contribution in [0.5, 0.6) is 0 Å². The van der Waals surface area contributed by atoms with Crippen molar-refractivity contribution in [2.24, 2.45) is 9.98 Å². The van der Waals surface area contributed by atoms with Crippen molar-refractivity contribution in [3.63, 3.8) is 0 Å². The molecule has 0 saturated carbocycles. The Bertz CT molecular complexity index is 496. The van der Waals surface area contributed by atoms with Crippen molar-refractivity contribution in [3.8, 4) is 0 Å². The number of fused-ring (bicyclic) bond motifs is 2. The molecule has 2 N–H and O–H groups in total. The molecule has 0 radical (unpaired) electrons. The number of piperidine rings is 1. The van der Waals surface area contributed by atoms with Gasteiger partial charge in [0.05, 0.1) is 0 Å². The lowest BCUT2D eigenvalue weighted by Crippen LogP contribution is -2.42. The van der Waals surface area contributed by atoms with Crippen LogP contribution in [-0.2, 0) is 0 Å². The lowest BCUT2D eigenvalue weighted by atomic mass is 10.0. The minimum Gasteiger partial charge on any atom is -0.351 e. The monoisotopic (exact) mass is 355 g/mol. The molecule has 2 fully saturated rings. The number of amidine groups is 1. The number of nitrogens with zero attached hydrogens (tertiary/aromatic N) is 3. The van der Waals surface area contributed by atoms with E-state index in [0.717, 1.165) is 12.7 Å². The van der Waals surface area contributed by atoms with E-state index in [1.165, 1.54) is 32.1 Å². The van der Waals surface area contributed by atoms with Crippen LogP contribution in [0.3, 0.4) is 0 Å². The quantitative estimate of drug-likeness (QED) is 0.398. The average Bonchev–Trinajstić information content (AvgIpc) is 2.80. The van der Waals surface area contributed by atoms with Gasteiger partial charge in [-0.25, -0.2) is 18.8 Å². The van der Waals surface area contributed by atoms with Crippen LogP contribution in [0, 0.1) is 0 Å². The summed E-state index contributed by atoms with van der Waals surface area (Å²) in [6, 6.07) is 0.761. The Balaban J connectivity index is 2.25. The van der Waals surface area contributed by atoms with Crippen LogP contribution in [-0.4, -0.2) is 48.5 Å². The molecule has 0 aromatic carbocycles. The Morgan fingerprint density at radius 2 is 1.96 bits per heavy atom. The van der Waals surface area contributed by atoms with Gasteiger partial charge in [0.25, 0.3) is 0 Å². The topological polar surface area (TPSA) is 52.0 Å².